The Morgan fingerprint density at radius 3 is 1.67 bits per heavy atom. The lowest BCUT2D eigenvalue weighted by molar-refractivity contribution is -0.121. The van der Waals surface area contributed by atoms with E-state index in [1.54, 1.807) is 0 Å². The molecule has 15 heavy (non-hydrogen) atoms. The zero-order valence-corrected chi connectivity index (χ0v) is 11.6. The summed E-state index contributed by atoms with van der Waals surface area (Å²) in [7, 11) is 0. The second kappa shape index (κ2) is 5.86. The van der Waals surface area contributed by atoms with Crippen molar-refractivity contribution in [3.63, 3.8) is 0 Å². The molecule has 0 rings (SSSR count). The maximum Gasteiger partial charge on any atom is 0.241 e. The van der Waals surface area contributed by atoms with Crippen molar-refractivity contribution >= 4 is 16.8 Å². The van der Waals surface area contributed by atoms with E-state index in [1.807, 2.05) is 13.8 Å². The quantitative estimate of drug-likeness (QED) is 0.657. The van der Waals surface area contributed by atoms with Gasteiger partial charge in [0.25, 0.3) is 0 Å². The van der Waals surface area contributed by atoms with E-state index in [0.717, 1.165) is 13.1 Å². The Hall–Kier alpha value is -0.0800. The molecule has 0 bridgehead atoms. The molecule has 0 spiro atoms. The Kier molecular flexibility index (Phi) is 5.82. The SMILES string of the molecule is CC(C)CN(CC(C)C)C(C)(C)C(=O)Cl. The van der Waals surface area contributed by atoms with Crippen molar-refractivity contribution in [1.82, 2.24) is 4.90 Å². The van der Waals surface area contributed by atoms with Gasteiger partial charge in [0.15, 0.2) is 0 Å². The molecule has 90 valence electrons. The topological polar surface area (TPSA) is 20.3 Å². The summed E-state index contributed by atoms with van der Waals surface area (Å²) in [6, 6.07) is 0. The average Bonchev–Trinajstić information content (AvgIpc) is 2.00. The standard InChI is InChI=1S/C12H24ClNO/c1-9(2)7-14(8-10(3)4)12(5,6)11(13)15/h9-10H,7-8H2,1-6H3. The maximum absolute atomic E-state index is 11.4. The summed E-state index contributed by atoms with van der Waals surface area (Å²) in [6.45, 7) is 14.2. The predicted molar refractivity (Wildman–Crippen MR) is 66.2 cm³/mol. The summed E-state index contributed by atoms with van der Waals surface area (Å²) >= 11 is 5.65. The Bertz CT molecular complexity index is 202. The van der Waals surface area contributed by atoms with Gasteiger partial charge in [-0.2, -0.15) is 0 Å². The molecule has 0 aliphatic rings. The number of carbonyl (C=O) groups excluding carboxylic acids is 1. The summed E-state index contributed by atoms with van der Waals surface area (Å²) in [4.78, 5) is 13.6. The van der Waals surface area contributed by atoms with E-state index in [0.29, 0.717) is 11.8 Å². The highest BCUT2D eigenvalue weighted by atomic mass is 35.5. The Balaban J connectivity index is 4.68. The van der Waals surface area contributed by atoms with Gasteiger partial charge < -0.3 is 0 Å². The van der Waals surface area contributed by atoms with Gasteiger partial charge in [-0.25, -0.2) is 0 Å². The van der Waals surface area contributed by atoms with Gasteiger partial charge >= 0.3 is 0 Å². The molecule has 0 aromatic heterocycles. The lowest BCUT2D eigenvalue weighted by Crippen LogP contribution is -2.51. The third-order valence-electron chi connectivity index (χ3n) is 2.44. The van der Waals surface area contributed by atoms with Crippen LogP contribution in [0.1, 0.15) is 41.5 Å². The van der Waals surface area contributed by atoms with Crippen molar-refractivity contribution in [2.75, 3.05) is 13.1 Å². The first-order valence-electron chi connectivity index (χ1n) is 5.63. The molecule has 0 amide bonds. The van der Waals surface area contributed by atoms with Crippen molar-refractivity contribution in [3.05, 3.63) is 0 Å². The highest BCUT2D eigenvalue weighted by Gasteiger charge is 2.33. The Morgan fingerprint density at radius 1 is 1.13 bits per heavy atom. The van der Waals surface area contributed by atoms with Crippen LogP contribution in [0.15, 0.2) is 0 Å². The molecule has 3 heteroatoms. The van der Waals surface area contributed by atoms with Crippen molar-refractivity contribution < 1.29 is 4.79 Å². The number of nitrogens with zero attached hydrogens (tertiary/aromatic N) is 1. The normalized spacial score (nSPS) is 12.9. The zero-order chi connectivity index (χ0) is 12.2. The van der Waals surface area contributed by atoms with Gasteiger partial charge in [0.1, 0.15) is 0 Å². The fraction of sp³-hybridized carbons (Fsp3) is 0.917. The maximum atomic E-state index is 11.4. The minimum absolute atomic E-state index is 0.274. The van der Waals surface area contributed by atoms with Crippen molar-refractivity contribution in [2.45, 2.75) is 47.1 Å². The molecule has 0 aliphatic carbocycles. The van der Waals surface area contributed by atoms with Gasteiger partial charge in [-0.1, -0.05) is 27.7 Å². The molecular formula is C12H24ClNO. The first-order valence-corrected chi connectivity index (χ1v) is 6.00. The van der Waals surface area contributed by atoms with Gasteiger partial charge in [-0.05, 0) is 37.3 Å². The van der Waals surface area contributed by atoms with Crippen LogP contribution in [0, 0.1) is 11.8 Å². The van der Waals surface area contributed by atoms with Gasteiger partial charge in [0.05, 0.1) is 5.54 Å². The van der Waals surface area contributed by atoms with Crippen LogP contribution in [0.5, 0.6) is 0 Å². The van der Waals surface area contributed by atoms with Crippen LogP contribution in [0.2, 0.25) is 0 Å². The average molecular weight is 234 g/mol. The smallest absolute Gasteiger partial charge is 0.241 e. The third-order valence-corrected chi connectivity index (χ3v) is 2.91. The summed E-state index contributed by atoms with van der Waals surface area (Å²) in [5.41, 5.74) is -0.559. The van der Waals surface area contributed by atoms with Gasteiger partial charge in [0.2, 0.25) is 5.24 Å². The van der Waals surface area contributed by atoms with Crippen LogP contribution in [0.25, 0.3) is 0 Å². The second-order valence-electron chi connectivity index (χ2n) is 5.53. The molecule has 0 unspecified atom stereocenters. The lowest BCUT2D eigenvalue weighted by Gasteiger charge is -2.37. The molecular weight excluding hydrogens is 210 g/mol. The molecule has 2 nitrogen and oxygen atoms in total. The molecule has 0 heterocycles. The van der Waals surface area contributed by atoms with E-state index in [4.69, 9.17) is 11.6 Å². The minimum Gasteiger partial charge on any atom is -0.290 e. The van der Waals surface area contributed by atoms with Gasteiger partial charge in [-0.15, -0.1) is 0 Å². The first kappa shape index (κ1) is 14.9. The van der Waals surface area contributed by atoms with Gasteiger partial charge in [0, 0.05) is 13.1 Å². The van der Waals surface area contributed by atoms with E-state index >= 15 is 0 Å². The number of rotatable bonds is 6. The van der Waals surface area contributed by atoms with E-state index in [-0.39, 0.29) is 5.24 Å². The van der Waals surface area contributed by atoms with Crippen LogP contribution in [-0.4, -0.2) is 28.8 Å². The van der Waals surface area contributed by atoms with Crippen LogP contribution in [0.4, 0.5) is 0 Å². The molecule has 0 atom stereocenters. The predicted octanol–water partition coefficient (Wildman–Crippen LogP) is 3.14. The van der Waals surface area contributed by atoms with Crippen LogP contribution < -0.4 is 0 Å². The highest BCUT2D eigenvalue weighted by Crippen LogP contribution is 2.20. The largest absolute Gasteiger partial charge is 0.290 e. The molecule has 0 aromatic carbocycles. The highest BCUT2D eigenvalue weighted by molar-refractivity contribution is 6.65. The van der Waals surface area contributed by atoms with E-state index in [2.05, 4.69) is 32.6 Å². The number of hydrogen-bond acceptors (Lipinski definition) is 2. The number of hydrogen-bond donors (Lipinski definition) is 0. The van der Waals surface area contributed by atoms with Crippen LogP contribution >= 0.6 is 11.6 Å². The Labute approximate surface area is 99.0 Å². The van der Waals surface area contributed by atoms with Crippen LogP contribution in [0.3, 0.4) is 0 Å². The number of carbonyl (C=O) groups is 1. The fourth-order valence-corrected chi connectivity index (χ4v) is 1.66. The molecule has 0 saturated carbocycles. The summed E-state index contributed by atoms with van der Waals surface area (Å²) < 4.78 is 0. The number of halogens is 1. The summed E-state index contributed by atoms with van der Waals surface area (Å²) in [6.07, 6.45) is 0. The zero-order valence-electron chi connectivity index (χ0n) is 10.8. The first-order chi connectivity index (χ1) is 6.67. The monoisotopic (exact) mass is 233 g/mol. The molecule has 0 aromatic rings. The lowest BCUT2D eigenvalue weighted by atomic mass is 10.0. The van der Waals surface area contributed by atoms with Crippen molar-refractivity contribution in [1.29, 1.82) is 0 Å². The third kappa shape index (κ3) is 4.98. The second-order valence-corrected chi connectivity index (χ2v) is 5.87. The Morgan fingerprint density at radius 2 is 1.47 bits per heavy atom. The van der Waals surface area contributed by atoms with E-state index < -0.39 is 5.54 Å². The van der Waals surface area contributed by atoms with E-state index in [1.165, 1.54) is 0 Å². The summed E-state index contributed by atoms with van der Waals surface area (Å²) in [5, 5.41) is -0.274. The van der Waals surface area contributed by atoms with Gasteiger partial charge in [-0.3, -0.25) is 9.69 Å². The molecule has 0 aliphatic heterocycles. The summed E-state index contributed by atoms with van der Waals surface area (Å²) in [5.74, 6) is 1.08. The molecule has 0 saturated heterocycles. The molecule has 0 radical (unpaired) electrons. The van der Waals surface area contributed by atoms with Crippen molar-refractivity contribution in [2.24, 2.45) is 11.8 Å². The minimum atomic E-state index is -0.559. The molecule has 0 fully saturated rings. The van der Waals surface area contributed by atoms with E-state index in [9.17, 15) is 4.79 Å². The molecule has 0 N–H and O–H groups in total. The fourth-order valence-electron chi connectivity index (χ4n) is 1.54. The van der Waals surface area contributed by atoms with Crippen LogP contribution in [-0.2, 0) is 4.79 Å². The van der Waals surface area contributed by atoms with Crippen molar-refractivity contribution in [3.8, 4) is 0 Å².